The summed E-state index contributed by atoms with van der Waals surface area (Å²) in [6, 6.07) is 15.0. The third-order valence-electron chi connectivity index (χ3n) is 3.66. The van der Waals surface area contributed by atoms with Crippen LogP contribution in [0.5, 0.6) is 5.75 Å². The lowest BCUT2D eigenvalue weighted by atomic mass is 10.1. The molecule has 0 saturated heterocycles. The van der Waals surface area contributed by atoms with Crippen LogP contribution in [0, 0.1) is 17.1 Å². The number of methoxy groups -OCH3 is 1. The number of halogens is 1. The summed E-state index contributed by atoms with van der Waals surface area (Å²) < 4.78 is 18.1. The lowest BCUT2D eigenvalue weighted by Gasteiger charge is -2.07. The standard InChI is InChI=1S/C19H14FN3O2S/c1-25-15-8-4-13(5-9-15)17-16(10-21)18(24)23-19(22-17)26-11-12-2-6-14(20)7-3-12/h2-9H,11H2,1H3,(H,22,23,24). The summed E-state index contributed by atoms with van der Waals surface area (Å²) in [5, 5.41) is 9.70. The van der Waals surface area contributed by atoms with Crippen molar-refractivity contribution in [1.82, 2.24) is 9.97 Å². The molecule has 0 aliphatic carbocycles. The maximum Gasteiger partial charge on any atom is 0.270 e. The van der Waals surface area contributed by atoms with E-state index in [1.807, 2.05) is 6.07 Å². The maximum atomic E-state index is 13.0. The van der Waals surface area contributed by atoms with E-state index in [4.69, 9.17) is 4.74 Å². The van der Waals surface area contributed by atoms with Crippen molar-refractivity contribution in [2.75, 3.05) is 7.11 Å². The predicted molar refractivity (Wildman–Crippen MR) is 97.5 cm³/mol. The van der Waals surface area contributed by atoms with Gasteiger partial charge in [-0.05, 0) is 42.0 Å². The van der Waals surface area contributed by atoms with Crippen LogP contribution in [0.25, 0.3) is 11.3 Å². The first kappa shape index (κ1) is 17.7. The lowest BCUT2D eigenvalue weighted by Crippen LogP contribution is -2.14. The van der Waals surface area contributed by atoms with Crippen molar-refractivity contribution in [2.45, 2.75) is 10.9 Å². The van der Waals surface area contributed by atoms with Crippen LogP contribution in [0.2, 0.25) is 0 Å². The van der Waals surface area contributed by atoms with Crippen LogP contribution in [0.4, 0.5) is 4.39 Å². The zero-order chi connectivity index (χ0) is 18.5. The summed E-state index contributed by atoms with van der Waals surface area (Å²) in [6.45, 7) is 0. The zero-order valence-electron chi connectivity index (χ0n) is 13.8. The average molecular weight is 367 g/mol. The highest BCUT2D eigenvalue weighted by Crippen LogP contribution is 2.25. The Hall–Kier alpha value is -3.11. The number of nitriles is 1. The van der Waals surface area contributed by atoms with E-state index in [-0.39, 0.29) is 11.4 Å². The molecule has 0 saturated carbocycles. The minimum Gasteiger partial charge on any atom is -0.497 e. The maximum absolute atomic E-state index is 13.0. The first-order valence-corrected chi connectivity index (χ1v) is 8.65. The molecule has 5 nitrogen and oxygen atoms in total. The zero-order valence-corrected chi connectivity index (χ0v) is 14.6. The summed E-state index contributed by atoms with van der Waals surface area (Å²) >= 11 is 1.31. The molecular formula is C19H14FN3O2S. The first-order valence-electron chi connectivity index (χ1n) is 7.67. The molecule has 0 spiro atoms. The fraction of sp³-hybridized carbons (Fsp3) is 0.105. The van der Waals surface area contributed by atoms with Gasteiger partial charge in [0.15, 0.2) is 5.16 Å². The van der Waals surface area contributed by atoms with Crippen molar-refractivity contribution in [3.63, 3.8) is 0 Å². The van der Waals surface area contributed by atoms with Gasteiger partial charge in [-0.25, -0.2) is 9.37 Å². The molecule has 0 bridgehead atoms. The van der Waals surface area contributed by atoms with E-state index < -0.39 is 5.56 Å². The van der Waals surface area contributed by atoms with Crippen molar-refractivity contribution < 1.29 is 9.13 Å². The first-order chi connectivity index (χ1) is 12.6. The van der Waals surface area contributed by atoms with Gasteiger partial charge in [0.2, 0.25) is 0 Å². The molecule has 3 rings (SSSR count). The normalized spacial score (nSPS) is 10.3. The fourth-order valence-corrected chi connectivity index (χ4v) is 3.13. The Labute approximate surface area is 153 Å². The largest absolute Gasteiger partial charge is 0.497 e. The number of H-pyrrole nitrogens is 1. The van der Waals surface area contributed by atoms with E-state index in [9.17, 15) is 14.4 Å². The summed E-state index contributed by atoms with van der Waals surface area (Å²) in [7, 11) is 1.56. The fourth-order valence-electron chi connectivity index (χ4n) is 2.31. The molecular weight excluding hydrogens is 353 g/mol. The van der Waals surface area contributed by atoms with E-state index in [0.29, 0.717) is 27.9 Å². The number of hydrogen-bond acceptors (Lipinski definition) is 5. The van der Waals surface area contributed by atoms with Gasteiger partial charge in [-0.15, -0.1) is 0 Å². The Kier molecular flexibility index (Phi) is 5.34. The van der Waals surface area contributed by atoms with E-state index in [1.54, 1.807) is 43.5 Å². The van der Waals surface area contributed by atoms with Gasteiger partial charge >= 0.3 is 0 Å². The molecule has 26 heavy (non-hydrogen) atoms. The van der Waals surface area contributed by atoms with Crippen molar-refractivity contribution in [1.29, 1.82) is 5.26 Å². The van der Waals surface area contributed by atoms with E-state index >= 15 is 0 Å². The molecule has 0 atom stereocenters. The van der Waals surface area contributed by atoms with Crippen LogP contribution in [0.1, 0.15) is 11.1 Å². The second-order valence-corrected chi connectivity index (χ2v) is 6.31. The second kappa shape index (κ2) is 7.85. The number of aromatic nitrogens is 2. The second-order valence-electron chi connectivity index (χ2n) is 5.35. The molecule has 0 fully saturated rings. The number of benzene rings is 2. The molecule has 130 valence electrons. The van der Waals surface area contributed by atoms with Crippen molar-refractivity contribution in [3.05, 3.63) is 75.8 Å². The van der Waals surface area contributed by atoms with Gasteiger partial charge in [-0.1, -0.05) is 23.9 Å². The van der Waals surface area contributed by atoms with E-state index in [0.717, 1.165) is 5.56 Å². The number of nitrogens with one attached hydrogen (secondary N) is 1. The van der Waals surface area contributed by atoms with Crippen LogP contribution in [0.15, 0.2) is 58.5 Å². The SMILES string of the molecule is COc1ccc(-c2nc(SCc3ccc(F)cc3)[nH]c(=O)c2C#N)cc1. The summed E-state index contributed by atoms with van der Waals surface area (Å²) in [6.07, 6.45) is 0. The Morgan fingerprint density at radius 3 is 2.50 bits per heavy atom. The van der Waals surface area contributed by atoms with Crippen LogP contribution < -0.4 is 10.3 Å². The summed E-state index contributed by atoms with van der Waals surface area (Å²) in [5.41, 5.74) is 1.34. The molecule has 1 heterocycles. The Balaban J connectivity index is 1.92. The predicted octanol–water partition coefficient (Wildman–Crippen LogP) is 3.75. The number of hydrogen-bond donors (Lipinski definition) is 1. The number of ether oxygens (including phenoxy) is 1. The van der Waals surface area contributed by atoms with Crippen molar-refractivity contribution in [3.8, 4) is 23.1 Å². The molecule has 0 radical (unpaired) electrons. The highest BCUT2D eigenvalue weighted by Gasteiger charge is 2.14. The Morgan fingerprint density at radius 2 is 1.88 bits per heavy atom. The van der Waals surface area contributed by atoms with Crippen LogP contribution >= 0.6 is 11.8 Å². The topological polar surface area (TPSA) is 78.8 Å². The molecule has 1 N–H and O–H groups in total. The van der Waals surface area contributed by atoms with E-state index in [1.165, 1.54) is 23.9 Å². The van der Waals surface area contributed by atoms with Gasteiger partial charge in [-0.2, -0.15) is 5.26 Å². The van der Waals surface area contributed by atoms with Gasteiger partial charge in [0, 0.05) is 11.3 Å². The van der Waals surface area contributed by atoms with Crippen molar-refractivity contribution >= 4 is 11.8 Å². The van der Waals surface area contributed by atoms with Gasteiger partial charge in [0.05, 0.1) is 12.8 Å². The van der Waals surface area contributed by atoms with Crippen LogP contribution in [-0.2, 0) is 5.75 Å². The quantitative estimate of drug-likeness (QED) is 0.549. The minimum absolute atomic E-state index is 0.0405. The smallest absolute Gasteiger partial charge is 0.270 e. The van der Waals surface area contributed by atoms with Crippen LogP contribution in [-0.4, -0.2) is 17.1 Å². The monoisotopic (exact) mass is 367 g/mol. The average Bonchev–Trinajstić information content (AvgIpc) is 2.67. The number of rotatable bonds is 5. The van der Waals surface area contributed by atoms with Crippen LogP contribution in [0.3, 0.4) is 0 Å². The third kappa shape index (κ3) is 3.92. The Morgan fingerprint density at radius 1 is 1.19 bits per heavy atom. The molecule has 7 heteroatoms. The molecule has 0 aliphatic heterocycles. The minimum atomic E-state index is -0.491. The molecule has 1 aromatic heterocycles. The molecule has 0 amide bonds. The highest BCUT2D eigenvalue weighted by atomic mass is 32.2. The molecule has 3 aromatic rings. The molecule has 2 aromatic carbocycles. The summed E-state index contributed by atoms with van der Waals surface area (Å²) in [5.74, 6) is 0.880. The van der Waals surface area contributed by atoms with E-state index in [2.05, 4.69) is 9.97 Å². The number of aromatic amines is 1. The molecule has 0 unspecified atom stereocenters. The number of nitrogens with zero attached hydrogens (tertiary/aromatic N) is 2. The number of thioether (sulfide) groups is 1. The van der Waals surface area contributed by atoms with Crippen molar-refractivity contribution in [2.24, 2.45) is 0 Å². The van der Waals surface area contributed by atoms with Gasteiger partial charge in [0.25, 0.3) is 5.56 Å². The highest BCUT2D eigenvalue weighted by molar-refractivity contribution is 7.98. The van der Waals surface area contributed by atoms with Gasteiger partial charge in [0.1, 0.15) is 23.2 Å². The molecule has 0 aliphatic rings. The van der Waals surface area contributed by atoms with Gasteiger partial charge in [-0.3, -0.25) is 4.79 Å². The van der Waals surface area contributed by atoms with Gasteiger partial charge < -0.3 is 9.72 Å². The summed E-state index contributed by atoms with van der Waals surface area (Å²) in [4.78, 5) is 19.3. The lowest BCUT2D eigenvalue weighted by molar-refractivity contribution is 0.415. The third-order valence-corrected chi connectivity index (χ3v) is 4.61. The Bertz CT molecular complexity index is 1010.